The summed E-state index contributed by atoms with van der Waals surface area (Å²) in [6.45, 7) is 1.28. The molecule has 208 valence electrons. The van der Waals surface area contributed by atoms with Crippen molar-refractivity contribution >= 4 is 23.8 Å². The van der Waals surface area contributed by atoms with E-state index >= 15 is 0 Å². The summed E-state index contributed by atoms with van der Waals surface area (Å²) >= 11 is 0. The molecule has 40 heavy (non-hydrogen) atoms. The van der Waals surface area contributed by atoms with Crippen LogP contribution in [-0.2, 0) is 29.2 Å². The van der Waals surface area contributed by atoms with Crippen LogP contribution in [0.5, 0.6) is 0 Å². The molecule has 0 spiro atoms. The van der Waals surface area contributed by atoms with Crippen molar-refractivity contribution in [2.75, 3.05) is 6.54 Å². The molecule has 1 atom stereocenters. The number of benzene rings is 3. The van der Waals surface area contributed by atoms with E-state index in [4.69, 9.17) is 22.9 Å². The molecule has 0 fully saturated rings. The quantitative estimate of drug-likeness (QED) is 0.165. The monoisotopic (exact) mass is 541 g/mol. The molecule has 0 radical (unpaired) electrons. The van der Waals surface area contributed by atoms with Gasteiger partial charge < -0.3 is 32.7 Å². The van der Waals surface area contributed by atoms with Crippen LogP contribution in [0.1, 0.15) is 46.6 Å². The van der Waals surface area contributed by atoms with Crippen LogP contribution in [0.25, 0.3) is 0 Å². The number of guanidine groups is 1. The number of primary amides is 2. The summed E-state index contributed by atoms with van der Waals surface area (Å²) < 4.78 is 0. The van der Waals surface area contributed by atoms with Crippen LogP contribution < -0.4 is 22.9 Å². The summed E-state index contributed by atoms with van der Waals surface area (Å²) in [5, 5.41) is 0. The molecule has 4 rings (SSSR count). The van der Waals surface area contributed by atoms with Gasteiger partial charge >= 0.3 is 6.03 Å². The summed E-state index contributed by atoms with van der Waals surface area (Å²) in [4.78, 5) is 46.2. The number of rotatable bonds is 11. The van der Waals surface area contributed by atoms with Crippen molar-refractivity contribution in [1.82, 2.24) is 9.80 Å². The summed E-state index contributed by atoms with van der Waals surface area (Å²) in [5.74, 6) is -1.55. The fourth-order valence-corrected chi connectivity index (χ4v) is 5.12. The Kier molecular flexibility index (Phi) is 9.00. The first kappa shape index (κ1) is 28.2. The van der Waals surface area contributed by atoms with Crippen molar-refractivity contribution in [2.24, 2.45) is 27.9 Å². The lowest BCUT2D eigenvalue weighted by molar-refractivity contribution is -0.141. The number of aliphatic imine (C=N–C) groups is 1. The van der Waals surface area contributed by atoms with Gasteiger partial charge in [0, 0.05) is 26.2 Å². The van der Waals surface area contributed by atoms with Crippen molar-refractivity contribution < 1.29 is 14.4 Å². The fourth-order valence-electron chi connectivity index (χ4n) is 5.12. The normalized spacial score (nSPS) is 13.0. The Morgan fingerprint density at radius 2 is 1.43 bits per heavy atom. The van der Waals surface area contributed by atoms with Crippen molar-refractivity contribution in [1.29, 1.82) is 0 Å². The molecule has 0 unspecified atom stereocenters. The third kappa shape index (κ3) is 6.76. The SMILES string of the molecule is NC(=O)[C@@H](CCCN=C(N)N)N(Cc1ccc2c(c1)CN(C(N)=O)C2)C(=O)C(c1ccccc1)c1ccccc1. The zero-order chi connectivity index (χ0) is 28.6. The smallest absolute Gasteiger partial charge is 0.315 e. The van der Waals surface area contributed by atoms with Gasteiger partial charge in [0.25, 0.3) is 0 Å². The first-order chi connectivity index (χ1) is 19.2. The summed E-state index contributed by atoms with van der Waals surface area (Å²) in [6.07, 6.45) is 0.739. The zero-order valence-corrected chi connectivity index (χ0v) is 22.3. The lowest BCUT2D eigenvalue weighted by atomic mass is 9.89. The Labute approximate surface area is 233 Å². The van der Waals surface area contributed by atoms with Gasteiger partial charge in [-0.25, -0.2) is 4.79 Å². The molecule has 0 bridgehead atoms. The van der Waals surface area contributed by atoms with Gasteiger partial charge in [-0.2, -0.15) is 0 Å². The molecule has 1 aliphatic rings. The molecular formula is C30H35N7O3. The number of urea groups is 1. The van der Waals surface area contributed by atoms with E-state index in [0.717, 1.165) is 27.8 Å². The number of nitrogens with two attached hydrogens (primary N) is 4. The van der Waals surface area contributed by atoms with Crippen molar-refractivity contribution in [3.05, 3.63) is 107 Å². The Morgan fingerprint density at radius 3 is 1.98 bits per heavy atom. The predicted molar refractivity (Wildman–Crippen MR) is 153 cm³/mol. The molecule has 1 aliphatic heterocycles. The number of fused-ring (bicyclic) bond motifs is 1. The van der Waals surface area contributed by atoms with Crippen LogP contribution in [0.4, 0.5) is 4.79 Å². The second kappa shape index (κ2) is 12.8. The minimum absolute atomic E-state index is 0.0417. The molecule has 0 saturated heterocycles. The second-order valence-corrected chi connectivity index (χ2v) is 9.88. The lowest BCUT2D eigenvalue weighted by Gasteiger charge is -2.33. The molecule has 3 aromatic rings. The highest BCUT2D eigenvalue weighted by Gasteiger charge is 2.34. The van der Waals surface area contributed by atoms with E-state index in [1.165, 1.54) is 0 Å². The average Bonchev–Trinajstić information content (AvgIpc) is 3.37. The number of hydrogen-bond acceptors (Lipinski definition) is 4. The van der Waals surface area contributed by atoms with Gasteiger partial charge in [0.05, 0.1) is 5.92 Å². The number of hydrogen-bond donors (Lipinski definition) is 4. The Bertz CT molecular complexity index is 1340. The number of amides is 4. The van der Waals surface area contributed by atoms with Crippen LogP contribution in [0.3, 0.4) is 0 Å². The average molecular weight is 542 g/mol. The highest BCUT2D eigenvalue weighted by atomic mass is 16.2. The molecule has 10 nitrogen and oxygen atoms in total. The molecular weight excluding hydrogens is 506 g/mol. The van der Waals surface area contributed by atoms with Gasteiger partial charge in [-0.05, 0) is 40.7 Å². The van der Waals surface area contributed by atoms with Crippen molar-refractivity contribution in [3.8, 4) is 0 Å². The highest BCUT2D eigenvalue weighted by molar-refractivity contribution is 5.92. The van der Waals surface area contributed by atoms with E-state index < -0.39 is 23.9 Å². The molecule has 8 N–H and O–H groups in total. The maximum atomic E-state index is 14.5. The van der Waals surface area contributed by atoms with Crippen LogP contribution in [0, 0.1) is 0 Å². The van der Waals surface area contributed by atoms with Crippen LogP contribution in [-0.4, -0.2) is 46.2 Å². The van der Waals surface area contributed by atoms with E-state index in [2.05, 4.69) is 4.99 Å². The van der Waals surface area contributed by atoms with E-state index in [-0.39, 0.29) is 24.8 Å². The maximum Gasteiger partial charge on any atom is 0.315 e. The first-order valence-corrected chi connectivity index (χ1v) is 13.1. The van der Waals surface area contributed by atoms with Crippen LogP contribution in [0.15, 0.2) is 83.9 Å². The van der Waals surface area contributed by atoms with Crippen LogP contribution in [0.2, 0.25) is 0 Å². The van der Waals surface area contributed by atoms with Gasteiger partial charge in [0.1, 0.15) is 6.04 Å². The van der Waals surface area contributed by atoms with Gasteiger partial charge in [0.15, 0.2) is 5.96 Å². The summed E-state index contributed by atoms with van der Waals surface area (Å²) in [6, 6.07) is 23.3. The number of carbonyl (C=O) groups is 3. The second-order valence-electron chi connectivity index (χ2n) is 9.88. The Balaban J connectivity index is 1.72. The largest absolute Gasteiger partial charge is 0.370 e. The summed E-state index contributed by atoms with van der Waals surface area (Å²) in [7, 11) is 0. The number of carbonyl (C=O) groups excluding carboxylic acids is 3. The van der Waals surface area contributed by atoms with Gasteiger partial charge in [-0.15, -0.1) is 0 Å². The summed E-state index contributed by atoms with van der Waals surface area (Å²) in [5.41, 5.74) is 26.7. The maximum absolute atomic E-state index is 14.5. The molecule has 0 aliphatic carbocycles. The minimum atomic E-state index is -0.896. The standard InChI is InChI=1S/C30H35N7O3/c31-27(38)25(12-7-15-35-29(32)33)37(17-20-13-14-23-18-36(30(34)40)19-24(23)16-20)28(39)26(21-8-3-1-4-9-21)22-10-5-2-6-11-22/h1-6,8-11,13-14,16,25-26H,7,12,15,17-19H2,(H2,31,38)(H2,34,40)(H4,32,33,35)/t25-/m1/s1. The van der Waals surface area contributed by atoms with E-state index in [1.54, 1.807) is 9.80 Å². The van der Waals surface area contributed by atoms with Crippen LogP contribution >= 0.6 is 0 Å². The molecule has 4 amide bonds. The van der Waals surface area contributed by atoms with Gasteiger partial charge in [-0.1, -0.05) is 78.9 Å². The Morgan fingerprint density at radius 1 is 0.825 bits per heavy atom. The lowest BCUT2D eigenvalue weighted by Crippen LogP contribution is -2.49. The zero-order valence-electron chi connectivity index (χ0n) is 22.3. The molecule has 1 heterocycles. The predicted octanol–water partition coefficient (Wildman–Crippen LogP) is 2.15. The molecule has 0 aromatic heterocycles. The number of nitrogens with zero attached hydrogens (tertiary/aromatic N) is 3. The minimum Gasteiger partial charge on any atom is -0.370 e. The molecule has 0 saturated carbocycles. The topological polar surface area (TPSA) is 174 Å². The third-order valence-electron chi connectivity index (χ3n) is 7.09. The third-order valence-corrected chi connectivity index (χ3v) is 7.09. The Hall–Kier alpha value is -4.86. The fraction of sp³-hybridized carbons (Fsp3) is 0.267. The highest BCUT2D eigenvalue weighted by Crippen LogP contribution is 2.30. The van der Waals surface area contributed by atoms with Crippen molar-refractivity contribution in [2.45, 2.75) is 44.4 Å². The molecule has 3 aromatic carbocycles. The van der Waals surface area contributed by atoms with E-state index in [1.807, 2.05) is 78.9 Å². The van der Waals surface area contributed by atoms with E-state index in [0.29, 0.717) is 26.1 Å². The van der Waals surface area contributed by atoms with E-state index in [9.17, 15) is 14.4 Å². The molecule has 10 heteroatoms. The van der Waals surface area contributed by atoms with Gasteiger partial charge in [-0.3, -0.25) is 14.6 Å². The van der Waals surface area contributed by atoms with Gasteiger partial charge in [0.2, 0.25) is 11.8 Å². The van der Waals surface area contributed by atoms with Crippen molar-refractivity contribution in [3.63, 3.8) is 0 Å². The first-order valence-electron chi connectivity index (χ1n) is 13.1.